The molecule has 0 radical (unpaired) electrons. The Hall–Kier alpha value is -1.76. The molecular weight excluding hydrogens is 481 g/mol. The quantitative estimate of drug-likeness (QED) is 0.488. The number of aromatic nitrogens is 1. The van der Waals surface area contributed by atoms with E-state index in [-0.39, 0.29) is 18.3 Å². The van der Waals surface area contributed by atoms with Crippen LogP contribution >= 0.6 is 35.6 Å². The van der Waals surface area contributed by atoms with Gasteiger partial charge in [0.2, 0.25) is 0 Å². The second-order valence-corrected chi connectivity index (χ2v) is 9.43. The Morgan fingerprint density at radius 2 is 1.64 bits per heavy atom. The van der Waals surface area contributed by atoms with Crippen LogP contribution in [0.1, 0.15) is 40.4 Å². The van der Waals surface area contributed by atoms with Gasteiger partial charge < -0.3 is 14.6 Å². The van der Waals surface area contributed by atoms with Crippen molar-refractivity contribution >= 4 is 52.4 Å². The van der Waals surface area contributed by atoms with Crippen molar-refractivity contribution in [3.8, 4) is 0 Å². The Balaban J connectivity index is 0.00000259. The second kappa shape index (κ2) is 10.7. The molecule has 0 saturated carbocycles. The maximum atomic E-state index is 13.3. The van der Waals surface area contributed by atoms with Gasteiger partial charge in [0.25, 0.3) is 5.91 Å². The van der Waals surface area contributed by atoms with Gasteiger partial charge in [0, 0.05) is 46.1 Å². The van der Waals surface area contributed by atoms with Crippen LogP contribution in [0.2, 0.25) is 10.0 Å². The largest absolute Gasteiger partial charge is 0.378 e. The predicted octanol–water partition coefficient (Wildman–Crippen LogP) is 5.75. The number of hydrogen-bond acceptors (Lipinski definition) is 3. The Morgan fingerprint density at radius 1 is 0.970 bits per heavy atom. The Bertz CT molecular complexity index is 1100. The number of hydrogen-bond donors (Lipinski definition) is 1. The summed E-state index contributed by atoms with van der Waals surface area (Å²) in [5.74, 6) is 0.433. The number of carbonyl (C=O) groups is 1. The molecule has 3 heterocycles. The third-order valence-corrected chi connectivity index (χ3v) is 7.36. The summed E-state index contributed by atoms with van der Waals surface area (Å²) in [5.41, 5.74) is 3.89. The predicted molar refractivity (Wildman–Crippen MR) is 136 cm³/mol. The van der Waals surface area contributed by atoms with Gasteiger partial charge in [0.1, 0.15) is 5.69 Å². The van der Waals surface area contributed by atoms with Crippen molar-refractivity contribution in [2.45, 2.75) is 25.3 Å². The third-order valence-electron chi connectivity index (χ3n) is 6.70. The molecule has 1 amide bonds. The van der Waals surface area contributed by atoms with Gasteiger partial charge in [0.05, 0.1) is 13.2 Å². The molecule has 0 bridgehead atoms. The minimum atomic E-state index is 0. The molecule has 0 unspecified atom stereocenters. The molecule has 1 aromatic heterocycles. The fourth-order valence-electron chi connectivity index (χ4n) is 4.98. The maximum absolute atomic E-state index is 13.3. The Kier molecular flexibility index (Phi) is 7.87. The second-order valence-electron chi connectivity index (χ2n) is 8.61. The van der Waals surface area contributed by atoms with Crippen LogP contribution in [-0.4, -0.2) is 60.1 Å². The first-order valence-corrected chi connectivity index (χ1v) is 12.0. The molecule has 2 aliphatic heterocycles. The van der Waals surface area contributed by atoms with Crippen molar-refractivity contribution in [2.75, 3.05) is 39.4 Å². The number of aromatic amines is 1. The third kappa shape index (κ3) is 5.03. The average molecular weight is 509 g/mol. The summed E-state index contributed by atoms with van der Waals surface area (Å²) >= 11 is 12.9. The van der Waals surface area contributed by atoms with Crippen molar-refractivity contribution in [3.05, 3.63) is 69.3 Å². The van der Waals surface area contributed by atoms with Crippen LogP contribution in [0.15, 0.2) is 42.5 Å². The summed E-state index contributed by atoms with van der Waals surface area (Å²) < 4.78 is 5.43. The number of piperidine rings is 1. The first-order valence-electron chi connectivity index (χ1n) is 11.2. The number of halogens is 3. The molecule has 5 rings (SSSR count). The Morgan fingerprint density at radius 3 is 2.33 bits per heavy atom. The lowest BCUT2D eigenvalue weighted by Crippen LogP contribution is -2.41. The number of benzene rings is 2. The minimum absolute atomic E-state index is 0. The molecular formula is C25H28Cl3N3O2. The highest BCUT2D eigenvalue weighted by Crippen LogP contribution is 2.38. The van der Waals surface area contributed by atoms with E-state index < -0.39 is 0 Å². The van der Waals surface area contributed by atoms with Crippen LogP contribution in [-0.2, 0) is 11.3 Å². The zero-order valence-electron chi connectivity index (χ0n) is 18.4. The standard InChI is InChI=1S/C25H27Cl2N3O2.ClH/c26-20-5-3-6-21(27)23(20)17-8-10-29(11-9-17)16-19-18-4-1-2-7-22(18)28-24(19)25(31)30-12-14-32-15-13-30;/h1-7,17,28H,8-16H2;1H. The lowest BCUT2D eigenvalue weighted by Gasteiger charge is -2.33. The maximum Gasteiger partial charge on any atom is 0.270 e. The number of nitrogens with zero attached hydrogens (tertiary/aromatic N) is 2. The number of likely N-dealkylation sites (tertiary alicyclic amines) is 1. The smallest absolute Gasteiger partial charge is 0.270 e. The zero-order chi connectivity index (χ0) is 22.1. The lowest BCUT2D eigenvalue weighted by atomic mass is 9.89. The fraction of sp³-hybridized carbons (Fsp3) is 0.400. The van der Waals surface area contributed by atoms with Crippen molar-refractivity contribution < 1.29 is 9.53 Å². The first-order chi connectivity index (χ1) is 15.6. The molecule has 2 aliphatic rings. The number of H-pyrrole nitrogens is 1. The first kappa shape index (κ1) is 24.4. The zero-order valence-corrected chi connectivity index (χ0v) is 20.7. The number of carbonyl (C=O) groups excluding carboxylic acids is 1. The van der Waals surface area contributed by atoms with Gasteiger partial charge >= 0.3 is 0 Å². The molecule has 0 spiro atoms. The Labute approximate surface area is 210 Å². The van der Waals surface area contributed by atoms with Crippen molar-refractivity contribution in [1.29, 1.82) is 0 Å². The number of morpholine rings is 1. The fourth-order valence-corrected chi connectivity index (χ4v) is 5.68. The summed E-state index contributed by atoms with van der Waals surface area (Å²) in [6.45, 7) is 5.10. The molecule has 0 aliphatic carbocycles. The van der Waals surface area contributed by atoms with E-state index in [4.69, 9.17) is 27.9 Å². The highest BCUT2D eigenvalue weighted by Gasteiger charge is 2.28. The molecule has 176 valence electrons. The van der Waals surface area contributed by atoms with E-state index in [0.717, 1.165) is 64.6 Å². The normalized spacial score (nSPS) is 17.8. The summed E-state index contributed by atoms with van der Waals surface area (Å²) in [5, 5.41) is 2.64. The van der Waals surface area contributed by atoms with Crippen LogP contribution in [0, 0.1) is 0 Å². The van der Waals surface area contributed by atoms with Crippen molar-refractivity contribution in [1.82, 2.24) is 14.8 Å². The van der Waals surface area contributed by atoms with E-state index in [1.807, 2.05) is 41.3 Å². The van der Waals surface area contributed by atoms with E-state index in [9.17, 15) is 4.79 Å². The molecule has 1 N–H and O–H groups in total. The lowest BCUT2D eigenvalue weighted by molar-refractivity contribution is 0.0298. The molecule has 5 nitrogen and oxygen atoms in total. The average Bonchev–Trinajstić information content (AvgIpc) is 3.18. The minimum Gasteiger partial charge on any atom is -0.378 e. The van der Waals surface area contributed by atoms with Crippen LogP contribution in [0.3, 0.4) is 0 Å². The molecule has 2 aromatic carbocycles. The van der Waals surface area contributed by atoms with E-state index >= 15 is 0 Å². The number of fused-ring (bicyclic) bond motifs is 1. The summed E-state index contributed by atoms with van der Waals surface area (Å²) in [4.78, 5) is 21.1. The van der Waals surface area contributed by atoms with Crippen LogP contribution < -0.4 is 0 Å². The molecule has 2 saturated heterocycles. The van der Waals surface area contributed by atoms with Crippen LogP contribution in [0.5, 0.6) is 0 Å². The molecule has 0 atom stereocenters. The van der Waals surface area contributed by atoms with E-state index in [1.165, 1.54) is 0 Å². The number of rotatable bonds is 4. The van der Waals surface area contributed by atoms with E-state index in [2.05, 4.69) is 16.0 Å². The van der Waals surface area contributed by atoms with Crippen molar-refractivity contribution in [3.63, 3.8) is 0 Å². The molecule has 33 heavy (non-hydrogen) atoms. The van der Waals surface area contributed by atoms with Gasteiger partial charge in [-0.1, -0.05) is 47.5 Å². The van der Waals surface area contributed by atoms with Gasteiger partial charge in [-0.15, -0.1) is 12.4 Å². The monoisotopic (exact) mass is 507 g/mol. The van der Waals surface area contributed by atoms with Gasteiger partial charge in [-0.2, -0.15) is 0 Å². The van der Waals surface area contributed by atoms with Gasteiger partial charge in [-0.05, 0) is 55.6 Å². The number of amides is 1. The molecule has 2 fully saturated rings. The number of nitrogens with one attached hydrogen (secondary N) is 1. The van der Waals surface area contributed by atoms with Crippen LogP contribution in [0.25, 0.3) is 10.9 Å². The molecule has 8 heteroatoms. The van der Waals surface area contributed by atoms with Gasteiger partial charge in [-0.3, -0.25) is 9.69 Å². The van der Waals surface area contributed by atoms with Gasteiger partial charge in [0.15, 0.2) is 0 Å². The number of para-hydroxylation sites is 1. The molecule has 3 aromatic rings. The van der Waals surface area contributed by atoms with E-state index in [0.29, 0.717) is 37.9 Å². The van der Waals surface area contributed by atoms with Crippen LogP contribution in [0.4, 0.5) is 0 Å². The summed E-state index contributed by atoms with van der Waals surface area (Å²) in [7, 11) is 0. The van der Waals surface area contributed by atoms with Gasteiger partial charge in [-0.25, -0.2) is 0 Å². The number of ether oxygens (including phenoxy) is 1. The highest BCUT2D eigenvalue weighted by molar-refractivity contribution is 6.36. The summed E-state index contributed by atoms with van der Waals surface area (Å²) in [6.07, 6.45) is 2.00. The van der Waals surface area contributed by atoms with E-state index in [1.54, 1.807) is 0 Å². The summed E-state index contributed by atoms with van der Waals surface area (Å²) in [6, 6.07) is 13.9. The topological polar surface area (TPSA) is 48.6 Å². The highest BCUT2D eigenvalue weighted by atomic mass is 35.5. The SMILES string of the molecule is Cl.O=C(c1[nH]c2ccccc2c1CN1CCC(c2c(Cl)cccc2Cl)CC1)N1CCOCC1. The van der Waals surface area contributed by atoms with Crippen molar-refractivity contribution in [2.24, 2.45) is 0 Å².